The lowest BCUT2D eigenvalue weighted by Crippen LogP contribution is -2.36. The number of benzene rings is 4. The number of aliphatic hydroxyl groups excluding tert-OH is 2. The van der Waals surface area contributed by atoms with Gasteiger partial charge in [0.05, 0.1) is 6.10 Å². The van der Waals surface area contributed by atoms with Gasteiger partial charge < -0.3 is 55.4 Å². The Hall–Kier alpha value is -5.00. The maximum atomic E-state index is 11.7. The molecule has 4 aromatic rings. The fourth-order valence-corrected chi connectivity index (χ4v) is 5.61. The number of ether oxygens (including phenoxy) is 2. The summed E-state index contributed by atoms with van der Waals surface area (Å²) >= 11 is 0. The van der Waals surface area contributed by atoms with Crippen LogP contribution < -0.4 is 9.47 Å². The van der Waals surface area contributed by atoms with Crippen LogP contribution in [0.15, 0.2) is 60.7 Å². The molecule has 0 amide bonds. The highest BCUT2D eigenvalue weighted by atomic mass is 16.5. The van der Waals surface area contributed by atoms with Crippen LogP contribution >= 0.6 is 0 Å². The van der Waals surface area contributed by atoms with Crippen LogP contribution in [0.2, 0.25) is 0 Å². The first-order chi connectivity index (χ1) is 19.5. The molecule has 9 N–H and O–H groups in total. The van der Waals surface area contributed by atoms with Crippen molar-refractivity contribution < 1.29 is 55.4 Å². The van der Waals surface area contributed by atoms with E-state index in [-0.39, 0.29) is 57.6 Å². The van der Waals surface area contributed by atoms with Crippen LogP contribution in [0.25, 0.3) is 0 Å². The van der Waals surface area contributed by atoms with Crippen molar-refractivity contribution in [3.63, 3.8) is 0 Å². The van der Waals surface area contributed by atoms with Gasteiger partial charge in [-0.1, -0.05) is 18.2 Å². The van der Waals surface area contributed by atoms with E-state index >= 15 is 0 Å². The first-order valence-corrected chi connectivity index (χ1v) is 12.7. The second kappa shape index (κ2) is 9.58. The number of hydrogen-bond acceptors (Lipinski definition) is 11. The highest BCUT2D eigenvalue weighted by Crippen LogP contribution is 2.55. The molecule has 6 rings (SSSR count). The van der Waals surface area contributed by atoms with Gasteiger partial charge in [-0.3, -0.25) is 0 Å². The fourth-order valence-electron chi connectivity index (χ4n) is 5.61. The summed E-state index contributed by atoms with van der Waals surface area (Å²) in [7, 11) is 0. The molecule has 4 aromatic carbocycles. The van der Waals surface area contributed by atoms with E-state index in [1.807, 2.05) is 0 Å². The zero-order chi connectivity index (χ0) is 29.2. The lowest BCUT2D eigenvalue weighted by atomic mass is 9.78. The minimum absolute atomic E-state index is 0.0114. The zero-order valence-electron chi connectivity index (χ0n) is 21.2. The highest BCUT2D eigenvalue weighted by molar-refractivity contribution is 5.63. The predicted molar refractivity (Wildman–Crippen MR) is 142 cm³/mol. The summed E-state index contributed by atoms with van der Waals surface area (Å²) in [6.45, 7) is 0. The summed E-state index contributed by atoms with van der Waals surface area (Å²) in [5.74, 6) is -3.45. The number of rotatable bonds is 3. The minimum Gasteiger partial charge on any atom is -0.508 e. The molecule has 0 saturated carbocycles. The Morgan fingerprint density at radius 1 is 0.585 bits per heavy atom. The standard InChI is InChI=1S/C30H26O11/c31-14-3-4-15-24(9-14)40-29(13-2-6-18(33)21(36)8-13)27(39)25(15)26-22(37)11-19(34)16-10-23(38)28(41-30(16)26)12-1-5-17(32)20(35)7-12/h1-9,11,23,25,27-29,31-39H,10H2/t23-,25+,27+,28-,29-/m1/s1. The first kappa shape index (κ1) is 26.2. The molecule has 212 valence electrons. The van der Waals surface area contributed by atoms with Crippen molar-refractivity contribution in [2.45, 2.75) is 36.8 Å². The third-order valence-corrected chi connectivity index (χ3v) is 7.59. The summed E-state index contributed by atoms with van der Waals surface area (Å²) < 4.78 is 12.2. The van der Waals surface area contributed by atoms with Gasteiger partial charge in [0.25, 0.3) is 0 Å². The van der Waals surface area contributed by atoms with Gasteiger partial charge in [0.2, 0.25) is 0 Å². The Labute approximate surface area is 232 Å². The van der Waals surface area contributed by atoms with E-state index in [0.29, 0.717) is 11.1 Å². The molecule has 0 aliphatic carbocycles. The Morgan fingerprint density at radius 3 is 1.85 bits per heavy atom. The van der Waals surface area contributed by atoms with Gasteiger partial charge in [0, 0.05) is 41.2 Å². The van der Waals surface area contributed by atoms with E-state index in [2.05, 4.69) is 0 Å². The average Bonchev–Trinajstić information content (AvgIpc) is 2.93. The molecule has 0 saturated heterocycles. The van der Waals surface area contributed by atoms with Gasteiger partial charge in [-0.2, -0.15) is 0 Å². The second-order valence-corrected chi connectivity index (χ2v) is 10.2. The van der Waals surface area contributed by atoms with Gasteiger partial charge in [-0.15, -0.1) is 0 Å². The monoisotopic (exact) mass is 562 g/mol. The number of fused-ring (bicyclic) bond motifs is 2. The van der Waals surface area contributed by atoms with E-state index in [9.17, 15) is 46.0 Å². The van der Waals surface area contributed by atoms with Gasteiger partial charge in [0.1, 0.15) is 41.0 Å². The lowest BCUT2D eigenvalue weighted by Gasteiger charge is -2.40. The second-order valence-electron chi connectivity index (χ2n) is 10.2. The zero-order valence-corrected chi connectivity index (χ0v) is 21.2. The molecule has 11 heteroatoms. The highest BCUT2D eigenvalue weighted by Gasteiger charge is 2.44. The largest absolute Gasteiger partial charge is 0.508 e. The molecule has 41 heavy (non-hydrogen) atoms. The van der Waals surface area contributed by atoms with Crippen molar-refractivity contribution >= 4 is 0 Å². The Balaban J connectivity index is 1.53. The third kappa shape index (κ3) is 4.31. The minimum atomic E-state index is -1.43. The van der Waals surface area contributed by atoms with Crippen LogP contribution in [0.1, 0.15) is 45.9 Å². The molecule has 5 atom stereocenters. The molecular formula is C30H26O11. The third-order valence-electron chi connectivity index (χ3n) is 7.59. The van der Waals surface area contributed by atoms with Gasteiger partial charge in [-0.05, 0) is 41.5 Å². The van der Waals surface area contributed by atoms with Gasteiger partial charge in [-0.25, -0.2) is 0 Å². The van der Waals surface area contributed by atoms with Crippen LogP contribution in [-0.2, 0) is 6.42 Å². The van der Waals surface area contributed by atoms with Crippen LogP contribution in [0.3, 0.4) is 0 Å². The molecule has 0 aromatic heterocycles. The SMILES string of the molecule is Oc1ccc2c(c1)O[C@H](c1ccc(O)c(O)c1)[C@@H](O)[C@@H]2c1c(O)cc(O)c2c1O[C@H](c1ccc(O)c(O)c1)[C@H](O)C2. The quantitative estimate of drug-likeness (QED) is 0.166. The van der Waals surface area contributed by atoms with E-state index in [1.54, 1.807) is 0 Å². The van der Waals surface area contributed by atoms with E-state index < -0.39 is 47.6 Å². The van der Waals surface area contributed by atoms with Gasteiger partial charge in [0.15, 0.2) is 29.1 Å². The number of aliphatic hydroxyl groups is 2. The topological polar surface area (TPSA) is 201 Å². The normalized spacial score (nSPS) is 23.1. The van der Waals surface area contributed by atoms with Crippen LogP contribution in [0.5, 0.6) is 51.7 Å². The molecule has 0 radical (unpaired) electrons. The summed E-state index contributed by atoms with van der Waals surface area (Å²) in [6.07, 6.45) is -4.97. The molecule has 2 heterocycles. The number of aromatic hydroxyl groups is 7. The Morgan fingerprint density at radius 2 is 1.22 bits per heavy atom. The molecule has 0 bridgehead atoms. The van der Waals surface area contributed by atoms with Crippen molar-refractivity contribution in [1.82, 2.24) is 0 Å². The smallest absolute Gasteiger partial charge is 0.157 e. The number of phenolic OH excluding ortho intramolecular Hbond substituents is 7. The van der Waals surface area contributed by atoms with Gasteiger partial charge >= 0.3 is 0 Å². The van der Waals surface area contributed by atoms with Crippen LogP contribution in [0, 0.1) is 0 Å². The summed E-state index contributed by atoms with van der Waals surface area (Å²) in [4.78, 5) is 0. The molecule has 0 unspecified atom stereocenters. The van der Waals surface area contributed by atoms with Crippen LogP contribution in [0.4, 0.5) is 0 Å². The number of hydrogen-bond donors (Lipinski definition) is 9. The molecule has 11 nitrogen and oxygen atoms in total. The molecule has 0 fully saturated rings. The predicted octanol–water partition coefficient (Wildman–Crippen LogP) is 3.29. The Kier molecular flexibility index (Phi) is 6.13. The molecular weight excluding hydrogens is 536 g/mol. The average molecular weight is 563 g/mol. The Bertz CT molecular complexity index is 1670. The van der Waals surface area contributed by atoms with Crippen molar-refractivity contribution in [1.29, 1.82) is 0 Å². The van der Waals surface area contributed by atoms with E-state index in [0.717, 1.165) is 6.07 Å². The maximum Gasteiger partial charge on any atom is 0.157 e. The molecule has 0 spiro atoms. The van der Waals surface area contributed by atoms with E-state index in [4.69, 9.17) is 9.47 Å². The summed E-state index contributed by atoms with van der Waals surface area (Å²) in [5.41, 5.74) is 1.19. The first-order valence-electron chi connectivity index (χ1n) is 12.7. The van der Waals surface area contributed by atoms with Crippen LogP contribution in [-0.4, -0.2) is 58.2 Å². The molecule has 2 aliphatic rings. The fraction of sp³-hybridized carbons (Fsp3) is 0.200. The van der Waals surface area contributed by atoms with Crippen molar-refractivity contribution in [2.24, 2.45) is 0 Å². The van der Waals surface area contributed by atoms with E-state index in [1.165, 1.54) is 54.6 Å². The summed E-state index contributed by atoms with van der Waals surface area (Å²) in [5, 5.41) is 94.4. The lowest BCUT2D eigenvalue weighted by molar-refractivity contribution is 0.00186. The van der Waals surface area contributed by atoms with Crippen molar-refractivity contribution in [2.75, 3.05) is 0 Å². The van der Waals surface area contributed by atoms with Crippen molar-refractivity contribution in [3.8, 4) is 51.7 Å². The molecule has 2 aliphatic heterocycles. The maximum absolute atomic E-state index is 11.7. The summed E-state index contributed by atoms with van der Waals surface area (Å²) in [6, 6.07) is 13.1. The van der Waals surface area contributed by atoms with Crippen molar-refractivity contribution in [3.05, 3.63) is 88.5 Å². The number of phenols is 7.